The van der Waals surface area contributed by atoms with Crippen LogP contribution in [0.3, 0.4) is 0 Å². The average Bonchev–Trinajstić information content (AvgIpc) is 3.47. The Morgan fingerprint density at radius 1 is 1.17 bits per heavy atom. The van der Waals surface area contributed by atoms with Crippen molar-refractivity contribution in [1.82, 2.24) is 24.8 Å². The van der Waals surface area contributed by atoms with E-state index in [2.05, 4.69) is 15.3 Å². The molecule has 0 radical (unpaired) electrons. The van der Waals surface area contributed by atoms with Gasteiger partial charge in [0.15, 0.2) is 0 Å². The third-order valence-electron chi connectivity index (χ3n) is 7.01. The van der Waals surface area contributed by atoms with Gasteiger partial charge in [-0.15, -0.1) is 11.3 Å². The summed E-state index contributed by atoms with van der Waals surface area (Å²) < 4.78 is 27.6. The molecule has 1 aliphatic rings. The van der Waals surface area contributed by atoms with Gasteiger partial charge in [-0.1, -0.05) is 30.2 Å². The Bertz CT molecular complexity index is 1710. The van der Waals surface area contributed by atoms with Gasteiger partial charge in [-0.25, -0.2) is 13.8 Å². The predicted octanol–water partition coefficient (Wildman–Crippen LogP) is 6.65. The van der Waals surface area contributed by atoms with Crippen molar-refractivity contribution in [3.63, 3.8) is 0 Å². The molecule has 4 aromatic rings. The quantitative estimate of drug-likeness (QED) is 0.254. The summed E-state index contributed by atoms with van der Waals surface area (Å²) in [6, 6.07) is 9.84. The summed E-state index contributed by atoms with van der Waals surface area (Å²) >= 11 is 7.68. The first-order chi connectivity index (χ1) is 20.2. The Kier molecular flexibility index (Phi) is 8.96. The topological polar surface area (TPSA) is 80.1 Å². The van der Waals surface area contributed by atoms with Gasteiger partial charge < -0.3 is 10.2 Å². The first kappa shape index (κ1) is 29.8. The van der Waals surface area contributed by atoms with E-state index in [1.807, 2.05) is 32.9 Å². The minimum Gasteiger partial charge on any atom is -0.336 e. The zero-order valence-corrected chi connectivity index (χ0v) is 25.0. The molecule has 7 nitrogen and oxygen atoms in total. The smallest absolute Gasteiger partial charge is 0.280 e. The summed E-state index contributed by atoms with van der Waals surface area (Å²) in [5.74, 6) is -0.178. The minimum absolute atomic E-state index is 0.178. The zero-order chi connectivity index (χ0) is 30.0. The van der Waals surface area contributed by atoms with Crippen LogP contribution in [0.25, 0.3) is 33.6 Å². The summed E-state index contributed by atoms with van der Waals surface area (Å²) in [6.45, 7) is 8.28. The monoisotopic (exact) mass is 609 g/mol. The molecule has 4 heterocycles. The normalized spacial score (nSPS) is 13.5. The van der Waals surface area contributed by atoms with Gasteiger partial charge in [-0.05, 0) is 62.2 Å². The second kappa shape index (κ2) is 12.6. The van der Waals surface area contributed by atoms with E-state index >= 15 is 0 Å². The number of pyridine rings is 2. The number of benzene rings is 1. The summed E-state index contributed by atoms with van der Waals surface area (Å²) in [5.41, 5.74) is 3.91. The number of hydrogen-bond acceptors (Lipinski definition) is 6. The highest BCUT2D eigenvalue weighted by molar-refractivity contribution is 7.13. The van der Waals surface area contributed by atoms with Crippen LogP contribution in [0.2, 0.25) is 5.02 Å². The van der Waals surface area contributed by atoms with Crippen LogP contribution >= 0.6 is 22.9 Å². The lowest BCUT2D eigenvalue weighted by Crippen LogP contribution is -2.47. The van der Waals surface area contributed by atoms with Crippen molar-refractivity contribution in [3.8, 4) is 27.5 Å². The maximum atomic E-state index is 14.4. The molecular weight excluding hydrogens is 580 g/mol. The van der Waals surface area contributed by atoms with Gasteiger partial charge in [-0.3, -0.25) is 19.1 Å². The highest BCUT2D eigenvalue weighted by Gasteiger charge is 2.27. The van der Waals surface area contributed by atoms with E-state index in [1.54, 1.807) is 33.0 Å². The van der Waals surface area contributed by atoms with E-state index in [0.717, 1.165) is 11.1 Å². The van der Waals surface area contributed by atoms with Crippen LogP contribution in [-0.4, -0.2) is 51.5 Å². The molecule has 0 atom stereocenters. The fourth-order valence-corrected chi connectivity index (χ4v) is 5.91. The predicted molar refractivity (Wildman–Crippen MR) is 164 cm³/mol. The fourth-order valence-electron chi connectivity index (χ4n) is 4.91. The summed E-state index contributed by atoms with van der Waals surface area (Å²) in [4.78, 5) is 38.8. The first-order valence-corrected chi connectivity index (χ1v) is 14.9. The van der Waals surface area contributed by atoms with Crippen molar-refractivity contribution in [1.29, 1.82) is 0 Å². The number of halogens is 3. The first-order valence-electron chi connectivity index (χ1n) is 13.6. The van der Waals surface area contributed by atoms with E-state index in [1.165, 1.54) is 29.7 Å². The Hall–Kier alpha value is -3.73. The van der Waals surface area contributed by atoms with Gasteiger partial charge in [0.25, 0.3) is 17.9 Å². The molecule has 0 bridgehead atoms. The van der Waals surface area contributed by atoms with Gasteiger partial charge >= 0.3 is 0 Å². The number of hydrogen-bond donors (Lipinski definition) is 1. The standard InChI is InChI=1S/C31H30ClF2N5O2S/c1-4-19-5-7-21(32)14-26(19)39-27(13-18(2)3)22(30(40)38-11-9-35-10-12-38)15-23(31(39)41)29-37-25(17-42-29)20-6-8-24(28(33)34)36-16-20/h5-8,13-17,28,35H,4,9-12H2,1-3H3. The lowest BCUT2D eigenvalue weighted by Gasteiger charge is -2.29. The highest BCUT2D eigenvalue weighted by atomic mass is 35.5. The second-order valence-corrected chi connectivity index (χ2v) is 11.5. The molecule has 11 heteroatoms. The highest BCUT2D eigenvalue weighted by Crippen LogP contribution is 2.31. The van der Waals surface area contributed by atoms with Crippen molar-refractivity contribution in [2.75, 3.05) is 26.2 Å². The number of rotatable bonds is 7. The Balaban J connectivity index is 1.76. The molecule has 0 spiro atoms. The fraction of sp³-hybridized carbons (Fsp3) is 0.290. The molecule has 1 aromatic carbocycles. The number of thiazole rings is 1. The zero-order valence-electron chi connectivity index (χ0n) is 23.5. The third kappa shape index (κ3) is 6.06. The van der Waals surface area contributed by atoms with Crippen LogP contribution in [0.5, 0.6) is 0 Å². The molecule has 5 rings (SSSR count). The molecule has 0 saturated carbocycles. The molecule has 0 unspecified atom stereocenters. The number of carbonyl (C=O) groups excluding carboxylic acids is 1. The van der Waals surface area contributed by atoms with Crippen LogP contribution in [0.4, 0.5) is 8.78 Å². The molecule has 1 N–H and O–H groups in total. The van der Waals surface area contributed by atoms with Crippen molar-refractivity contribution in [3.05, 3.63) is 91.4 Å². The van der Waals surface area contributed by atoms with Crippen LogP contribution in [0, 0.1) is 0 Å². The number of nitrogens with one attached hydrogen (secondary N) is 1. The maximum absolute atomic E-state index is 14.4. The van der Waals surface area contributed by atoms with Crippen molar-refractivity contribution in [2.24, 2.45) is 0 Å². The van der Waals surface area contributed by atoms with E-state index < -0.39 is 6.43 Å². The number of piperazine rings is 1. The Morgan fingerprint density at radius 3 is 2.57 bits per heavy atom. The van der Waals surface area contributed by atoms with Crippen molar-refractivity contribution in [2.45, 2.75) is 33.6 Å². The van der Waals surface area contributed by atoms with Gasteiger partial charge in [-0.2, -0.15) is 0 Å². The van der Waals surface area contributed by atoms with Gasteiger partial charge in [0.1, 0.15) is 10.7 Å². The lowest BCUT2D eigenvalue weighted by atomic mass is 10.0. The second-order valence-electron chi connectivity index (χ2n) is 10.2. The summed E-state index contributed by atoms with van der Waals surface area (Å²) in [7, 11) is 0. The van der Waals surface area contributed by atoms with Crippen molar-refractivity contribution < 1.29 is 13.6 Å². The molecule has 1 amide bonds. The maximum Gasteiger partial charge on any atom is 0.280 e. The summed E-state index contributed by atoms with van der Waals surface area (Å²) in [6.07, 6.45) is 1.16. The number of carbonyl (C=O) groups is 1. The number of aromatic nitrogens is 3. The minimum atomic E-state index is -2.67. The van der Waals surface area contributed by atoms with Gasteiger partial charge in [0, 0.05) is 48.3 Å². The van der Waals surface area contributed by atoms with Gasteiger partial charge in [0.2, 0.25) is 0 Å². The SMILES string of the molecule is CCc1ccc(Cl)cc1-n1c(C=C(C)C)c(C(=O)N2CCNCC2)cc(-c2nc(-c3ccc(C(F)F)nc3)cs2)c1=O. The lowest BCUT2D eigenvalue weighted by molar-refractivity contribution is 0.0735. The summed E-state index contributed by atoms with van der Waals surface area (Å²) in [5, 5.41) is 5.89. The van der Waals surface area contributed by atoms with E-state index in [4.69, 9.17) is 11.6 Å². The largest absolute Gasteiger partial charge is 0.336 e. The third-order valence-corrected chi connectivity index (χ3v) is 8.12. The molecular formula is C31H30ClF2N5O2S. The Morgan fingerprint density at radius 2 is 1.93 bits per heavy atom. The number of amides is 1. The average molecular weight is 610 g/mol. The van der Waals surface area contributed by atoms with Gasteiger partial charge in [0.05, 0.1) is 28.2 Å². The Labute approximate surface area is 251 Å². The number of aryl methyl sites for hydroxylation is 1. The van der Waals surface area contributed by atoms with Crippen LogP contribution in [-0.2, 0) is 6.42 Å². The molecule has 3 aromatic heterocycles. The van der Waals surface area contributed by atoms with Crippen LogP contribution in [0.1, 0.15) is 54.5 Å². The molecule has 1 fully saturated rings. The van der Waals surface area contributed by atoms with Crippen LogP contribution < -0.4 is 10.9 Å². The van der Waals surface area contributed by atoms with E-state index in [9.17, 15) is 18.4 Å². The number of alkyl halides is 2. The molecule has 1 saturated heterocycles. The molecule has 0 aliphatic carbocycles. The van der Waals surface area contributed by atoms with Crippen LogP contribution in [0.15, 0.2) is 58.3 Å². The molecule has 218 valence electrons. The number of nitrogens with zero attached hydrogens (tertiary/aromatic N) is 4. The molecule has 1 aliphatic heterocycles. The van der Waals surface area contributed by atoms with Crippen molar-refractivity contribution >= 4 is 34.9 Å². The van der Waals surface area contributed by atoms with E-state index in [0.29, 0.717) is 70.8 Å². The van der Waals surface area contributed by atoms with E-state index in [-0.39, 0.29) is 22.7 Å². The molecule has 42 heavy (non-hydrogen) atoms. The number of allylic oxidation sites excluding steroid dienone is 1.